The van der Waals surface area contributed by atoms with Gasteiger partial charge in [-0.15, -0.1) is 11.3 Å². The molecule has 0 aliphatic carbocycles. The maximum atomic E-state index is 11.3. The number of carbonyl (C=O) groups excluding carboxylic acids is 1. The Bertz CT molecular complexity index is 324. The molecule has 0 fully saturated rings. The average Bonchev–Trinajstić information content (AvgIpc) is 2.59. The van der Waals surface area contributed by atoms with Crippen molar-refractivity contribution in [3.63, 3.8) is 0 Å². The summed E-state index contributed by atoms with van der Waals surface area (Å²) in [7, 11) is 0. The van der Waals surface area contributed by atoms with Crippen molar-refractivity contribution >= 4 is 22.4 Å². The molecule has 0 saturated heterocycles. The largest absolute Gasteiger partial charge is 0.375 e. The summed E-state index contributed by atoms with van der Waals surface area (Å²) in [4.78, 5) is 18.4. The second-order valence-electron chi connectivity index (χ2n) is 3.03. The summed E-state index contributed by atoms with van der Waals surface area (Å²) in [5.41, 5.74) is 6.52. The third-order valence-corrected chi connectivity index (χ3v) is 3.04. The lowest BCUT2D eigenvalue weighted by atomic mass is 10.4. The number of aromatic nitrogens is 1. The predicted molar refractivity (Wildman–Crippen MR) is 51.1 cm³/mol. The van der Waals surface area contributed by atoms with Gasteiger partial charge in [-0.25, -0.2) is 4.98 Å². The molecule has 70 valence electrons. The molecule has 0 unspecified atom stereocenters. The second kappa shape index (κ2) is 2.99. The van der Waals surface area contributed by atoms with Crippen LogP contribution >= 0.6 is 11.3 Å². The molecule has 13 heavy (non-hydrogen) atoms. The molecule has 0 aromatic carbocycles. The number of amides is 1. The molecular formula is C8H11N3OS. The molecule has 2 heterocycles. The molecule has 5 heteroatoms. The van der Waals surface area contributed by atoms with Crippen LogP contribution in [0.5, 0.6) is 0 Å². The van der Waals surface area contributed by atoms with Crippen molar-refractivity contribution < 1.29 is 4.79 Å². The Morgan fingerprint density at radius 2 is 2.46 bits per heavy atom. The van der Waals surface area contributed by atoms with E-state index >= 15 is 0 Å². The van der Waals surface area contributed by atoms with E-state index in [2.05, 4.69) is 4.98 Å². The lowest BCUT2D eigenvalue weighted by Gasteiger charge is -2.13. The van der Waals surface area contributed by atoms with Crippen LogP contribution in [0.2, 0.25) is 0 Å². The highest BCUT2D eigenvalue weighted by molar-refractivity contribution is 7.15. The van der Waals surface area contributed by atoms with Gasteiger partial charge in [0, 0.05) is 6.42 Å². The number of hydrogen-bond acceptors (Lipinski definition) is 4. The number of hydrogen-bond donors (Lipinski definition) is 1. The summed E-state index contributed by atoms with van der Waals surface area (Å²) in [6, 6.07) is 0. The molecule has 0 radical (unpaired) electrons. The molecule has 1 aromatic heterocycles. The van der Waals surface area contributed by atoms with Crippen molar-refractivity contribution in [3.05, 3.63) is 10.6 Å². The smallest absolute Gasteiger partial charge is 0.222 e. The van der Waals surface area contributed by atoms with Gasteiger partial charge in [0.15, 0.2) is 5.13 Å². The first kappa shape index (κ1) is 8.50. The van der Waals surface area contributed by atoms with Gasteiger partial charge in [0.25, 0.3) is 0 Å². The van der Waals surface area contributed by atoms with Gasteiger partial charge in [0.1, 0.15) is 0 Å². The Morgan fingerprint density at radius 1 is 1.69 bits per heavy atom. The first-order valence-electron chi connectivity index (χ1n) is 4.22. The van der Waals surface area contributed by atoms with Crippen LogP contribution in [0.15, 0.2) is 0 Å². The molecule has 0 spiro atoms. The van der Waals surface area contributed by atoms with Crippen molar-refractivity contribution in [2.75, 3.05) is 5.73 Å². The van der Waals surface area contributed by atoms with Gasteiger partial charge < -0.3 is 10.6 Å². The molecule has 4 nitrogen and oxygen atoms in total. The minimum absolute atomic E-state index is 0.184. The molecule has 2 rings (SSSR count). The van der Waals surface area contributed by atoms with E-state index < -0.39 is 0 Å². The first-order chi connectivity index (χ1) is 6.20. The molecule has 1 aliphatic rings. The Labute approximate surface area is 80.4 Å². The zero-order valence-corrected chi connectivity index (χ0v) is 8.23. The normalized spacial score (nSPS) is 14.7. The maximum absolute atomic E-state index is 11.3. The van der Waals surface area contributed by atoms with Crippen LogP contribution in [0.1, 0.15) is 23.9 Å². The average molecular weight is 197 g/mol. The molecular weight excluding hydrogens is 186 g/mol. The van der Waals surface area contributed by atoms with Crippen LogP contribution in [0.4, 0.5) is 5.13 Å². The standard InChI is InChI=1S/C8H11N3OS/c1-2-7(12)11-3-5-6(4-11)13-8(9)10-5/h2-4H2,1H3,(H2,9,10). The Balaban J connectivity index is 2.15. The number of nitrogens with zero attached hydrogens (tertiary/aromatic N) is 2. The highest BCUT2D eigenvalue weighted by Crippen LogP contribution is 2.29. The molecule has 1 aliphatic heterocycles. The van der Waals surface area contributed by atoms with E-state index in [4.69, 9.17) is 5.73 Å². The first-order valence-corrected chi connectivity index (χ1v) is 5.04. The predicted octanol–water partition coefficient (Wildman–Crippen LogP) is 0.978. The summed E-state index contributed by atoms with van der Waals surface area (Å²) in [6.45, 7) is 3.20. The number of thiazole rings is 1. The minimum Gasteiger partial charge on any atom is -0.375 e. The van der Waals surface area contributed by atoms with E-state index in [1.54, 1.807) is 0 Å². The number of anilines is 1. The fraction of sp³-hybridized carbons (Fsp3) is 0.500. The minimum atomic E-state index is 0.184. The summed E-state index contributed by atoms with van der Waals surface area (Å²) in [6.07, 6.45) is 0.560. The molecule has 1 amide bonds. The third kappa shape index (κ3) is 1.39. The van der Waals surface area contributed by atoms with E-state index in [0.717, 1.165) is 10.6 Å². The molecule has 1 aromatic rings. The second-order valence-corrected chi connectivity index (χ2v) is 4.14. The van der Waals surface area contributed by atoms with Gasteiger partial charge in [-0.2, -0.15) is 0 Å². The van der Waals surface area contributed by atoms with Gasteiger partial charge in [-0.1, -0.05) is 6.92 Å². The van der Waals surface area contributed by atoms with E-state index in [1.807, 2.05) is 11.8 Å². The summed E-state index contributed by atoms with van der Waals surface area (Å²) in [5.74, 6) is 0.184. The number of nitrogens with two attached hydrogens (primary N) is 1. The lowest BCUT2D eigenvalue weighted by Crippen LogP contribution is -2.24. The Kier molecular flexibility index (Phi) is 1.95. The highest BCUT2D eigenvalue weighted by Gasteiger charge is 2.25. The fourth-order valence-electron chi connectivity index (χ4n) is 1.46. The number of carbonyl (C=O) groups is 1. The topological polar surface area (TPSA) is 59.2 Å². The van der Waals surface area contributed by atoms with E-state index in [9.17, 15) is 4.79 Å². The van der Waals surface area contributed by atoms with Crippen LogP contribution < -0.4 is 5.73 Å². The van der Waals surface area contributed by atoms with Crippen molar-refractivity contribution in [1.82, 2.24) is 9.88 Å². The van der Waals surface area contributed by atoms with Crippen molar-refractivity contribution in [2.45, 2.75) is 26.4 Å². The van der Waals surface area contributed by atoms with E-state index in [-0.39, 0.29) is 5.91 Å². The zero-order chi connectivity index (χ0) is 9.42. The van der Waals surface area contributed by atoms with Gasteiger partial charge in [0.2, 0.25) is 5.91 Å². The van der Waals surface area contributed by atoms with Crippen LogP contribution in [-0.2, 0) is 17.9 Å². The van der Waals surface area contributed by atoms with Crippen molar-refractivity contribution in [3.8, 4) is 0 Å². The number of fused-ring (bicyclic) bond motifs is 1. The Hall–Kier alpha value is -1.10. The molecule has 0 saturated carbocycles. The summed E-state index contributed by atoms with van der Waals surface area (Å²) in [5, 5.41) is 0.605. The fourth-order valence-corrected chi connectivity index (χ4v) is 2.32. The quantitative estimate of drug-likeness (QED) is 0.730. The molecule has 2 N–H and O–H groups in total. The van der Waals surface area contributed by atoms with E-state index in [1.165, 1.54) is 11.3 Å². The number of rotatable bonds is 1. The van der Waals surface area contributed by atoms with Crippen LogP contribution in [-0.4, -0.2) is 15.8 Å². The van der Waals surface area contributed by atoms with Crippen LogP contribution in [0, 0.1) is 0 Å². The lowest BCUT2D eigenvalue weighted by molar-refractivity contribution is -0.131. The summed E-state index contributed by atoms with van der Waals surface area (Å²) >= 11 is 1.48. The summed E-state index contributed by atoms with van der Waals surface area (Å²) < 4.78 is 0. The van der Waals surface area contributed by atoms with Crippen molar-refractivity contribution in [2.24, 2.45) is 0 Å². The molecule has 0 atom stereocenters. The van der Waals surface area contributed by atoms with Gasteiger partial charge in [-0.05, 0) is 0 Å². The third-order valence-electron chi connectivity index (χ3n) is 2.13. The van der Waals surface area contributed by atoms with E-state index in [0.29, 0.717) is 24.6 Å². The van der Waals surface area contributed by atoms with Crippen LogP contribution in [0.3, 0.4) is 0 Å². The highest BCUT2D eigenvalue weighted by atomic mass is 32.1. The van der Waals surface area contributed by atoms with Crippen LogP contribution in [0.25, 0.3) is 0 Å². The SMILES string of the molecule is CCC(=O)N1Cc2nc(N)sc2C1. The van der Waals surface area contributed by atoms with Gasteiger partial charge >= 0.3 is 0 Å². The number of nitrogen functional groups attached to an aromatic ring is 1. The van der Waals surface area contributed by atoms with Crippen molar-refractivity contribution in [1.29, 1.82) is 0 Å². The van der Waals surface area contributed by atoms with Gasteiger partial charge in [0.05, 0.1) is 23.7 Å². The Morgan fingerprint density at radius 3 is 3.08 bits per heavy atom. The monoisotopic (exact) mass is 197 g/mol. The molecule has 0 bridgehead atoms. The van der Waals surface area contributed by atoms with Gasteiger partial charge in [-0.3, -0.25) is 4.79 Å². The maximum Gasteiger partial charge on any atom is 0.222 e. The zero-order valence-electron chi connectivity index (χ0n) is 7.41.